The zero-order valence-corrected chi connectivity index (χ0v) is 17.0. The summed E-state index contributed by atoms with van der Waals surface area (Å²) in [5.74, 6) is 0.724. The minimum absolute atomic E-state index is 0.341. The van der Waals surface area contributed by atoms with Gasteiger partial charge in [0, 0.05) is 13.1 Å². The predicted octanol–water partition coefficient (Wildman–Crippen LogP) is 5.52. The number of aromatic nitrogens is 1. The van der Waals surface area contributed by atoms with E-state index in [-0.39, 0.29) is 0 Å². The van der Waals surface area contributed by atoms with Crippen LogP contribution in [-0.4, -0.2) is 28.1 Å². The van der Waals surface area contributed by atoms with Crippen molar-refractivity contribution < 1.29 is 0 Å². The minimum Gasteiger partial charge on any atom is -0.362 e. The van der Waals surface area contributed by atoms with E-state index in [1.54, 1.807) is 0 Å². The third-order valence-electron chi connectivity index (χ3n) is 5.19. The number of nitrogens with one attached hydrogen (secondary N) is 1. The van der Waals surface area contributed by atoms with Gasteiger partial charge in [-0.05, 0) is 49.5 Å². The van der Waals surface area contributed by atoms with E-state index < -0.39 is 0 Å². The summed E-state index contributed by atoms with van der Waals surface area (Å²) in [6.07, 6.45) is 7.43. The zero-order valence-electron chi connectivity index (χ0n) is 15.3. The molecule has 2 heterocycles. The van der Waals surface area contributed by atoms with Crippen LogP contribution in [0.1, 0.15) is 63.4 Å². The Bertz CT molecular complexity index is 664. The van der Waals surface area contributed by atoms with Crippen molar-refractivity contribution in [1.82, 2.24) is 15.2 Å². The molecule has 3 nitrogen and oxygen atoms in total. The van der Waals surface area contributed by atoms with Crippen LogP contribution in [0.15, 0.2) is 24.3 Å². The largest absolute Gasteiger partial charge is 0.362 e. The number of thiazole rings is 1. The van der Waals surface area contributed by atoms with Gasteiger partial charge in [0.05, 0.1) is 16.3 Å². The zero-order chi connectivity index (χ0) is 17.6. The van der Waals surface area contributed by atoms with Crippen molar-refractivity contribution in [2.75, 3.05) is 13.1 Å². The highest BCUT2D eigenvalue weighted by Crippen LogP contribution is 2.36. The van der Waals surface area contributed by atoms with Crippen LogP contribution >= 0.6 is 23.6 Å². The first kappa shape index (κ1) is 18.6. The third-order valence-corrected chi connectivity index (χ3v) is 6.71. The van der Waals surface area contributed by atoms with Crippen LogP contribution < -0.4 is 5.32 Å². The molecular weight excluding hydrogens is 346 g/mol. The highest BCUT2D eigenvalue weighted by Gasteiger charge is 2.30. The van der Waals surface area contributed by atoms with Gasteiger partial charge in [-0.2, -0.15) is 0 Å². The molecule has 2 aromatic rings. The van der Waals surface area contributed by atoms with Gasteiger partial charge in [-0.1, -0.05) is 45.2 Å². The molecule has 5 heteroatoms. The van der Waals surface area contributed by atoms with Crippen LogP contribution in [0.2, 0.25) is 0 Å². The van der Waals surface area contributed by atoms with Crippen molar-refractivity contribution >= 4 is 38.9 Å². The molecule has 136 valence electrons. The van der Waals surface area contributed by atoms with Crippen LogP contribution in [0.4, 0.5) is 0 Å². The molecule has 1 fully saturated rings. The molecule has 1 aliphatic rings. The van der Waals surface area contributed by atoms with Crippen molar-refractivity contribution in [3.63, 3.8) is 0 Å². The number of hydrogen-bond acceptors (Lipinski definition) is 3. The van der Waals surface area contributed by atoms with E-state index in [1.807, 2.05) is 11.3 Å². The Morgan fingerprint density at radius 2 is 2.24 bits per heavy atom. The topological polar surface area (TPSA) is 28.2 Å². The van der Waals surface area contributed by atoms with Gasteiger partial charge < -0.3 is 10.2 Å². The van der Waals surface area contributed by atoms with Crippen molar-refractivity contribution in [1.29, 1.82) is 0 Å². The van der Waals surface area contributed by atoms with Gasteiger partial charge in [0.15, 0.2) is 5.11 Å². The summed E-state index contributed by atoms with van der Waals surface area (Å²) in [7, 11) is 0. The summed E-state index contributed by atoms with van der Waals surface area (Å²) in [6, 6.07) is 8.75. The molecule has 1 aromatic heterocycles. The molecule has 1 aromatic carbocycles. The van der Waals surface area contributed by atoms with Gasteiger partial charge in [0.25, 0.3) is 0 Å². The smallest absolute Gasteiger partial charge is 0.169 e. The summed E-state index contributed by atoms with van der Waals surface area (Å²) in [6.45, 7) is 6.58. The first-order chi connectivity index (χ1) is 12.2. The van der Waals surface area contributed by atoms with Crippen LogP contribution in [-0.2, 0) is 0 Å². The Labute approximate surface area is 160 Å². The lowest BCUT2D eigenvalue weighted by Crippen LogP contribution is -2.41. The van der Waals surface area contributed by atoms with E-state index >= 15 is 0 Å². The molecule has 3 rings (SSSR count). The van der Waals surface area contributed by atoms with E-state index in [1.165, 1.54) is 41.8 Å². The van der Waals surface area contributed by atoms with Gasteiger partial charge in [-0.15, -0.1) is 11.3 Å². The highest BCUT2D eigenvalue weighted by molar-refractivity contribution is 7.80. The molecule has 1 N–H and O–H groups in total. The lowest BCUT2D eigenvalue weighted by Gasteiger charge is -2.27. The van der Waals surface area contributed by atoms with Crippen molar-refractivity contribution in [2.24, 2.45) is 5.92 Å². The van der Waals surface area contributed by atoms with Gasteiger partial charge in [0.1, 0.15) is 5.01 Å². The first-order valence-corrected chi connectivity index (χ1v) is 10.8. The number of fused-ring (bicyclic) bond motifs is 1. The van der Waals surface area contributed by atoms with Crippen molar-refractivity contribution in [3.05, 3.63) is 29.3 Å². The number of likely N-dealkylation sites (tertiary alicyclic amines) is 1. The standard InChI is InChI=1S/C20H29N3S2/c1-3-5-9-15(4-2)14-21-20(24)23-13-8-11-17(23)19-22-16-10-6-7-12-18(16)25-19/h6-7,10,12,15,17H,3-5,8-9,11,13-14H2,1-2H3,(H,21,24)/t15-,17-/m1/s1. The molecule has 0 unspecified atom stereocenters. The summed E-state index contributed by atoms with van der Waals surface area (Å²) in [5, 5.41) is 5.67. The van der Waals surface area contributed by atoms with E-state index in [2.05, 4.69) is 48.3 Å². The van der Waals surface area contributed by atoms with Crippen molar-refractivity contribution in [2.45, 2.75) is 58.4 Å². The number of nitrogens with zero attached hydrogens (tertiary/aromatic N) is 2. The second-order valence-electron chi connectivity index (χ2n) is 6.97. The molecule has 0 spiro atoms. The lowest BCUT2D eigenvalue weighted by molar-refractivity contribution is 0.380. The maximum atomic E-state index is 5.74. The second kappa shape index (κ2) is 8.95. The van der Waals surface area contributed by atoms with E-state index in [9.17, 15) is 0 Å². The number of para-hydroxylation sites is 1. The van der Waals surface area contributed by atoms with Gasteiger partial charge >= 0.3 is 0 Å². The maximum absolute atomic E-state index is 5.74. The summed E-state index contributed by atoms with van der Waals surface area (Å²) in [4.78, 5) is 7.23. The summed E-state index contributed by atoms with van der Waals surface area (Å²) in [5.41, 5.74) is 1.11. The minimum atomic E-state index is 0.341. The SMILES string of the molecule is CCCC[C@@H](CC)CNC(=S)N1CCC[C@@H]1c1nc2ccccc2s1. The molecule has 0 saturated carbocycles. The van der Waals surface area contributed by atoms with Crippen molar-refractivity contribution in [3.8, 4) is 0 Å². The average Bonchev–Trinajstić information content (AvgIpc) is 3.28. The quantitative estimate of drug-likeness (QED) is 0.645. The molecule has 1 aliphatic heterocycles. The van der Waals surface area contributed by atoms with Gasteiger partial charge in [-0.25, -0.2) is 4.98 Å². The van der Waals surface area contributed by atoms with Gasteiger partial charge in [-0.3, -0.25) is 0 Å². The number of unbranched alkanes of at least 4 members (excludes halogenated alkanes) is 1. The number of benzene rings is 1. The Morgan fingerprint density at radius 1 is 1.40 bits per heavy atom. The Hall–Kier alpha value is -1.20. The van der Waals surface area contributed by atoms with Crippen LogP contribution in [0, 0.1) is 5.92 Å². The molecule has 0 amide bonds. The van der Waals surface area contributed by atoms with E-state index in [4.69, 9.17) is 17.2 Å². The fraction of sp³-hybridized carbons (Fsp3) is 0.600. The number of hydrogen-bond donors (Lipinski definition) is 1. The molecule has 25 heavy (non-hydrogen) atoms. The van der Waals surface area contributed by atoms with Crippen LogP contribution in [0.3, 0.4) is 0 Å². The molecule has 0 bridgehead atoms. The van der Waals surface area contributed by atoms with Gasteiger partial charge in [0.2, 0.25) is 0 Å². The molecular formula is C20H29N3S2. The summed E-state index contributed by atoms with van der Waals surface area (Å²) >= 11 is 7.56. The maximum Gasteiger partial charge on any atom is 0.169 e. The molecule has 0 radical (unpaired) electrons. The first-order valence-electron chi connectivity index (χ1n) is 9.62. The number of thiocarbonyl (C=S) groups is 1. The molecule has 1 saturated heterocycles. The lowest BCUT2D eigenvalue weighted by atomic mass is 9.99. The predicted molar refractivity (Wildman–Crippen MR) is 112 cm³/mol. The molecule has 0 aliphatic carbocycles. The van der Waals surface area contributed by atoms with E-state index in [0.29, 0.717) is 6.04 Å². The summed E-state index contributed by atoms with van der Waals surface area (Å²) < 4.78 is 1.27. The second-order valence-corrected chi connectivity index (χ2v) is 8.42. The monoisotopic (exact) mass is 375 g/mol. The normalized spacial score (nSPS) is 18.6. The fourth-order valence-corrected chi connectivity index (χ4v) is 4.99. The van der Waals surface area contributed by atoms with Crippen LogP contribution in [0.25, 0.3) is 10.2 Å². The highest BCUT2D eigenvalue weighted by atomic mass is 32.1. The fourth-order valence-electron chi connectivity index (χ4n) is 3.58. The van der Waals surface area contributed by atoms with E-state index in [0.717, 1.165) is 36.1 Å². The Morgan fingerprint density at radius 3 is 3.00 bits per heavy atom. The Balaban J connectivity index is 1.63. The third kappa shape index (κ3) is 4.50. The molecule has 2 atom stereocenters. The van der Waals surface area contributed by atoms with Crippen LogP contribution in [0.5, 0.6) is 0 Å². The number of rotatable bonds is 7. The average molecular weight is 376 g/mol. The Kier molecular flexibility index (Phi) is 6.65.